The maximum absolute atomic E-state index is 11.2. The predicted octanol–water partition coefficient (Wildman–Crippen LogP) is 3.66. The number of anilines is 1. The van der Waals surface area contributed by atoms with Crippen LogP contribution in [0.5, 0.6) is 0 Å². The number of carbonyl (C=O) groups excluding carboxylic acids is 1. The number of esters is 1. The molecule has 4 nitrogen and oxygen atoms in total. The van der Waals surface area contributed by atoms with Crippen LogP contribution in [-0.4, -0.2) is 12.6 Å². The minimum atomic E-state index is -0.395. The molecule has 0 atom stereocenters. The van der Waals surface area contributed by atoms with E-state index >= 15 is 0 Å². The average molecular weight is 288 g/mol. The quantitative estimate of drug-likeness (QED) is 0.491. The van der Waals surface area contributed by atoms with E-state index in [1.54, 1.807) is 19.3 Å². The fourth-order valence-electron chi connectivity index (χ4n) is 1.26. The van der Waals surface area contributed by atoms with Gasteiger partial charge in [0.2, 0.25) is 0 Å². The molecule has 0 aromatic heterocycles. The summed E-state index contributed by atoms with van der Waals surface area (Å²) in [6.45, 7) is 3.81. The monoisotopic (exact) mass is 288 g/mol. The van der Waals surface area contributed by atoms with Gasteiger partial charge in [0.05, 0.1) is 23.3 Å². The maximum atomic E-state index is 11.2. The minimum Gasteiger partial charge on any atom is -0.463 e. The van der Waals surface area contributed by atoms with Crippen molar-refractivity contribution in [2.75, 3.05) is 11.9 Å². The van der Waals surface area contributed by atoms with E-state index in [2.05, 4.69) is 11.4 Å². The van der Waals surface area contributed by atoms with Crippen molar-refractivity contribution in [2.45, 2.75) is 13.8 Å². The fourth-order valence-corrected chi connectivity index (χ4v) is 1.98. The lowest BCUT2D eigenvalue weighted by atomic mass is 10.3. The van der Waals surface area contributed by atoms with Crippen molar-refractivity contribution >= 4 is 23.4 Å². The van der Waals surface area contributed by atoms with E-state index in [4.69, 9.17) is 10.00 Å². The number of carbonyl (C=O) groups is 1. The molecule has 1 rings (SSSR count). The van der Waals surface area contributed by atoms with Crippen molar-refractivity contribution < 1.29 is 9.53 Å². The number of nitriles is 1. The zero-order valence-corrected chi connectivity index (χ0v) is 12.2. The summed E-state index contributed by atoms with van der Waals surface area (Å²) in [6.07, 6.45) is 1.34. The second-order valence-corrected chi connectivity index (χ2v) is 4.65. The Kier molecular flexibility index (Phi) is 7.01. The Morgan fingerprint density at radius 3 is 2.75 bits per heavy atom. The highest BCUT2D eigenvalue weighted by Gasteiger charge is 2.03. The Hall–Kier alpha value is -2.19. The summed E-state index contributed by atoms with van der Waals surface area (Å²) in [5.41, 5.74) is 1.43. The normalized spacial score (nSPS) is 11.7. The number of rotatable bonds is 6. The molecule has 0 heterocycles. The largest absolute Gasteiger partial charge is 0.463 e. The lowest BCUT2D eigenvalue weighted by Gasteiger charge is -2.09. The van der Waals surface area contributed by atoms with E-state index in [0.29, 0.717) is 17.2 Å². The molecule has 0 unspecified atom stereocenters. The summed E-state index contributed by atoms with van der Waals surface area (Å²) in [7, 11) is 0. The number of hydrogen-bond donors (Lipinski definition) is 1. The van der Waals surface area contributed by atoms with Crippen LogP contribution in [0.25, 0.3) is 0 Å². The molecule has 0 saturated heterocycles. The van der Waals surface area contributed by atoms with E-state index in [9.17, 15) is 4.79 Å². The molecule has 0 saturated carbocycles. The SMILES string of the molecule is CCOC(=O)/C=C\S/C(Nc1ccccc1)=C(\C)C#N. The number of thioether (sulfide) groups is 1. The number of benzene rings is 1. The molecular weight excluding hydrogens is 272 g/mol. The third kappa shape index (κ3) is 5.63. The van der Waals surface area contributed by atoms with Gasteiger partial charge in [-0.3, -0.25) is 0 Å². The molecular formula is C15H16N2O2S. The van der Waals surface area contributed by atoms with E-state index in [-0.39, 0.29) is 0 Å². The second-order valence-electron chi connectivity index (χ2n) is 3.73. The molecule has 0 bridgehead atoms. The maximum Gasteiger partial charge on any atom is 0.331 e. The van der Waals surface area contributed by atoms with E-state index < -0.39 is 5.97 Å². The van der Waals surface area contributed by atoms with Crippen molar-refractivity contribution in [2.24, 2.45) is 0 Å². The first-order valence-electron chi connectivity index (χ1n) is 6.10. The first-order chi connectivity index (χ1) is 9.67. The summed E-state index contributed by atoms with van der Waals surface area (Å²) in [5.74, 6) is -0.395. The first-order valence-corrected chi connectivity index (χ1v) is 6.98. The van der Waals surface area contributed by atoms with Gasteiger partial charge in [-0.05, 0) is 31.4 Å². The Morgan fingerprint density at radius 1 is 1.45 bits per heavy atom. The molecule has 0 spiro atoms. The Morgan fingerprint density at radius 2 is 2.15 bits per heavy atom. The summed E-state index contributed by atoms with van der Waals surface area (Å²) in [4.78, 5) is 11.2. The molecule has 1 N–H and O–H groups in total. The van der Waals surface area contributed by atoms with Gasteiger partial charge in [-0.25, -0.2) is 4.79 Å². The Bertz CT molecular complexity index is 545. The molecule has 104 valence electrons. The van der Waals surface area contributed by atoms with E-state index in [1.807, 2.05) is 30.3 Å². The molecule has 1 aromatic rings. The highest BCUT2D eigenvalue weighted by Crippen LogP contribution is 2.23. The molecule has 0 radical (unpaired) electrons. The van der Waals surface area contributed by atoms with Crippen molar-refractivity contribution in [3.63, 3.8) is 0 Å². The van der Waals surface area contributed by atoms with Gasteiger partial charge in [-0.1, -0.05) is 30.0 Å². The first kappa shape index (κ1) is 15.9. The van der Waals surface area contributed by atoms with Crippen LogP contribution < -0.4 is 5.32 Å². The summed E-state index contributed by atoms with van der Waals surface area (Å²) in [5, 5.41) is 14.4. The molecule has 1 aromatic carbocycles. The van der Waals surface area contributed by atoms with Gasteiger partial charge in [0.15, 0.2) is 0 Å². The second kappa shape index (κ2) is 8.83. The highest BCUT2D eigenvalue weighted by molar-refractivity contribution is 8.06. The van der Waals surface area contributed by atoms with Crippen LogP contribution in [0.1, 0.15) is 13.8 Å². The van der Waals surface area contributed by atoms with Gasteiger partial charge in [-0.2, -0.15) is 5.26 Å². The number of nitrogens with one attached hydrogen (secondary N) is 1. The third-order valence-electron chi connectivity index (χ3n) is 2.22. The highest BCUT2D eigenvalue weighted by atomic mass is 32.2. The number of ether oxygens (including phenoxy) is 1. The minimum absolute atomic E-state index is 0.343. The van der Waals surface area contributed by atoms with Crippen LogP contribution in [-0.2, 0) is 9.53 Å². The van der Waals surface area contributed by atoms with Gasteiger partial charge in [0.1, 0.15) is 0 Å². The van der Waals surface area contributed by atoms with Crippen molar-refractivity contribution in [1.29, 1.82) is 5.26 Å². The molecule has 0 aliphatic heterocycles. The van der Waals surface area contributed by atoms with Gasteiger partial charge >= 0.3 is 5.97 Å². The summed E-state index contributed by atoms with van der Waals surface area (Å²) >= 11 is 1.27. The van der Waals surface area contributed by atoms with Gasteiger partial charge in [0, 0.05) is 11.8 Å². The van der Waals surface area contributed by atoms with Crippen LogP contribution in [0.15, 0.2) is 52.4 Å². The summed E-state index contributed by atoms with van der Waals surface area (Å²) < 4.78 is 4.79. The number of hydrogen-bond acceptors (Lipinski definition) is 5. The fraction of sp³-hybridized carbons (Fsp3) is 0.200. The zero-order valence-electron chi connectivity index (χ0n) is 11.4. The predicted molar refractivity (Wildman–Crippen MR) is 81.7 cm³/mol. The van der Waals surface area contributed by atoms with Crippen LogP contribution >= 0.6 is 11.8 Å². The van der Waals surface area contributed by atoms with Gasteiger partial charge in [-0.15, -0.1) is 0 Å². The van der Waals surface area contributed by atoms with Crippen LogP contribution in [0.3, 0.4) is 0 Å². The molecule has 0 aliphatic rings. The number of nitrogens with zero attached hydrogens (tertiary/aromatic N) is 1. The summed E-state index contributed by atoms with van der Waals surface area (Å²) in [6, 6.07) is 11.6. The zero-order chi connectivity index (χ0) is 14.8. The smallest absolute Gasteiger partial charge is 0.331 e. The molecule has 0 fully saturated rings. The number of para-hydroxylation sites is 1. The molecule has 0 amide bonds. The van der Waals surface area contributed by atoms with Crippen molar-refractivity contribution in [3.05, 3.63) is 52.4 Å². The Balaban J connectivity index is 2.73. The topological polar surface area (TPSA) is 62.1 Å². The average Bonchev–Trinajstić information content (AvgIpc) is 2.47. The van der Waals surface area contributed by atoms with Crippen molar-refractivity contribution in [1.82, 2.24) is 0 Å². The third-order valence-corrected chi connectivity index (χ3v) is 3.13. The Labute approximate surface area is 123 Å². The van der Waals surface area contributed by atoms with Crippen LogP contribution in [0.4, 0.5) is 5.69 Å². The lowest BCUT2D eigenvalue weighted by molar-refractivity contribution is -0.137. The standard InChI is InChI=1S/C15H16N2O2S/c1-3-19-14(18)9-10-20-15(12(2)11-16)17-13-7-5-4-6-8-13/h4-10,17H,3H2,1-2H3/b10-9-,15-12+. The van der Waals surface area contributed by atoms with Gasteiger partial charge in [0.25, 0.3) is 0 Å². The molecule has 5 heteroatoms. The van der Waals surface area contributed by atoms with Crippen LogP contribution in [0, 0.1) is 11.3 Å². The lowest BCUT2D eigenvalue weighted by Crippen LogP contribution is -2.00. The molecule has 20 heavy (non-hydrogen) atoms. The van der Waals surface area contributed by atoms with Crippen molar-refractivity contribution in [3.8, 4) is 6.07 Å². The van der Waals surface area contributed by atoms with Crippen LogP contribution in [0.2, 0.25) is 0 Å². The van der Waals surface area contributed by atoms with E-state index in [1.165, 1.54) is 17.8 Å². The molecule has 0 aliphatic carbocycles. The van der Waals surface area contributed by atoms with Gasteiger partial charge < -0.3 is 10.1 Å². The van der Waals surface area contributed by atoms with E-state index in [0.717, 1.165) is 5.69 Å². The number of allylic oxidation sites excluding steroid dienone is 1.